The maximum atomic E-state index is 13.3. The summed E-state index contributed by atoms with van der Waals surface area (Å²) in [5.74, 6) is -0.574. The standard InChI is InChI=1S/C9H10FNO4S/c10-8-3-6(11(14)15)1-2-9(8)16-5-7(13)4-12/h1-3,7,12-13H,4-5H2. The average Bonchev–Trinajstić information content (AvgIpc) is 2.26. The summed E-state index contributed by atoms with van der Waals surface area (Å²) in [7, 11) is 0. The van der Waals surface area contributed by atoms with Crippen molar-refractivity contribution in [1.29, 1.82) is 0 Å². The number of hydrogen-bond acceptors (Lipinski definition) is 5. The molecule has 2 N–H and O–H groups in total. The van der Waals surface area contributed by atoms with Crippen LogP contribution in [0.1, 0.15) is 0 Å². The molecule has 1 aromatic rings. The first-order chi connectivity index (χ1) is 7.54. The van der Waals surface area contributed by atoms with Crippen molar-refractivity contribution in [3.63, 3.8) is 0 Å². The molecule has 7 heteroatoms. The van der Waals surface area contributed by atoms with E-state index in [0.717, 1.165) is 17.8 Å². The summed E-state index contributed by atoms with van der Waals surface area (Å²) in [5, 5.41) is 27.9. The van der Waals surface area contributed by atoms with Gasteiger partial charge >= 0.3 is 0 Å². The summed E-state index contributed by atoms with van der Waals surface area (Å²) in [6.45, 7) is -0.401. The van der Waals surface area contributed by atoms with Crippen LogP contribution in [0, 0.1) is 15.9 Å². The zero-order chi connectivity index (χ0) is 12.1. The fourth-order valence-electron chi connectivity index (χ4n) is 0.959. The van der Waals surface area contributed by atoms with Crippen LogP contribution in [0.25, 0.3) is 0 Å². The number of aliphatic hydroxyl groups excluding tert-OH is 2. The molecule has 0 heterocycles. The lowest BCUT2D eigenvalue weighted by Crippen LogP contribution is -2.14. The summed E-state index contributed by atoms with van der Waals surface area (Å²) >= 11 is 0.993. The lowest BCUT2D eigenvalue weighted by molar-refractivity contribution is -0.385. The Morgan fingerprint density at radius 2 is 2.25 bits per heavy atom. The molecule has 1 atom stereocenters. The van der Waals surface area contributed by atoms with Crippen molar-refractivity contribution >= 4 is 17.4 Å². The van der Waals surface area contributed by atoms with Crippen molar-refractivity contribution < 1.29 is 19.5 Å². The van der Waals surface area contributed by atoms with Gasteiger partial charge in [0.1, 0.15) is 5.82 Å². The maximum Gasteiger partial charge on any atom is 0.272 e. The molecule has 0 aliphatic heterocycles. The molecule has 0 aromatic heterocycles. The second-order valence-corrected chi connectivity index (χ2v) is 4.08. The smallest absolute Gasteiger partial charge is 0.272 e. The molecular formula is C9H10FNO4S. The van der Waals surface area contributed by atoms with Crippen molar-refractivity contribution in [1.82, 2.24) is 0 Å². The summed E-state index contributed by atoms with van der Waals surface area (Å²) in [4.78, 5) is 9.86. The molecule has 0 saturated carbocycles. The molecule has 0 saturated heterocycles. The van der Waals surface area contributed by atoms with Gasteiger partial charge < -0.3 is 10.2 Å². The molecule has 0 bridgehead atoms. The van der Waals surface area contributed by atoms with Gasteiger partial charge in [0.25, 0.3) is 5.69 Å². The van der Waals surface area contributed by atoms with Crippen molar-refractivity contribution in [2.45, 2.75) is 11.0 Å². The summed E-state index contributed by atoms with van der Waals surface area (Å²) in [5.41, 5.74) is -0.315. The highest BCUT2D eigenvalue weighted by Crippen LogP contribution is 2.25. The average molecular weight is 247 g/mol. The fourth-order valence-corrected chi connectivity index (χ4v) is 1.80. The number of hydrogen-bond donors (Lipinski definition) is 2. The number of benzene rings is 1. The molecule has 5 nitrogen and oxygen atoms in total. The van der Waals surface area contributed by atoms with Crippen LogP contribution in [0.2, 0.25) is 0 Å². The molecule has 16 heavy (non-hydrogen) atoms. The van der Waals surface area contributed by atoms with Crippen LogP contribution in [0.5, 0.6) is 0 Å². The Bertz CT molecular complexity index is 388. The van der Waals surface area contributed by atoms with Gasteiger partial charge in [0, 0.05) is 16.7 Å². The third-order valence-electron chi connectivity index (χ3n) is 1.77. The van der Waals surface area contributed by atoms with Crippen LogP contribution >= 0.6 is 11.8 Å². The van der Waals surface area contributed by atoms with Crippen molar-refractivity contribution in [3.05, 3.63) is 34.1 Å². The first-order valence-electron chi connectivity index (χ1n) is 4.40. The molecule has 0 amide bonds. The van der Waals surface area contributed by atoms with E-state index in [1.807, 2.05) is 0 Å². The molecule has 0 fully saturated rings. The van der Waals surface area contributed by atoms with Crippen LogP contribution in [-0.2, 0) is 0 Å². The molecule has 1 unspecified atom stereocenters. The zero-order valence-corrected chi connectivity index (χ0v) is 8.98. The first kappa shape index (κ1) is 12.9. The van der Waals surface area contributed by atoms with Gasteiger partial charge in [-0.2, -0.15) is 0 Å². The zero-order valence-electron chi connectivity index (χ0n) is 8.17. The molecule has 1 aromatic carbocycles. The van der Waals surface area contributed by atoms with Gasteiger partial charge in [-0.1, -0.05) is 0 Å². The van der Waals surface area contributed by atoms with Crippen LogP contribution in [0.4, 0.5) is 10.1 Å². The number of nitrogens with zero attached hydrogens (tertiary/aromatic N) is 1. The van der Waals surface area contributed by atoms with Gasteiger partial charge in [0.15, 0.2) is 0 Å². The number of nitro benzene ring substituents is 1. The number of rotatable bonds is 5. The number of halogens is 1. The maximum absolute atomic E-state index is 13.3. The van der Waals surface area contributed by atoms with E-state index in [-0.39, 0.29) is 16.3 Å². The topological polar surface area (TPSA) is 83.6 Å². The van der Waals surface area contributed by atoms with E-state index in [4.69, 9.17) is 10.2 Å². The third-order valence-corrected chi connectivity index (χ3v) is 2.96. The minimum atomic E-state index is -0.931. The van der Waals surface area contributed by atoms with Crippen LogP contribution in [0.15, 0.2) is 23.1 Å². The van der Waals surface area contributed by atoms with Crippen molar-refractivity contribution in [3.8, 4) is 0 Å². The van der Waals surface area contributed by atoms with Gasteiger partial charge in [0.2, 0.25) is 0 Å². The summed E-state index contributed by atoms with van der Waals surface area (Å²) in [6.07, 6.45) is -0.931. The minimum absolute atomic E-state index is 0.130. The SMILES string of the molecule is O=[N+]([O-])c1ccc(SCC(O)CO)c(F)c1. The van der Waals surface area contributed by atoms with E-state index >= 15 is 0 Å². The van der Waals surface area contributed by atoms with E-state index in [1.54, 1.807) is 0 Å². The second-order valence-electron chi connectivity index (χ2n) is 3.02. The largest absolute Gasteiger partial charge is 0.394 e. The number of non-ortho nitro benzene ring substituents is 1. The van der Waals surface area contributed by atoms with Gasteiger partial charge in [-0.3, -0.25) is 10.1 Å². The number of nitro groups is 1. The number of thioether (sulfide) groups is 1. The van der Waals surface area contributed by atoms with Gasteiger partial charge in [-0.05, 0) is 6.07 Å². The van der Waals surface area contributed by atoms with Crippen LogP contribution < -0.4 is 0 Å². The normalized spacial score (nSPS) is 12.4. The Morgan fingerprint density at radius 3 is 2.75 bits per heavy atom. The van der Waals surface area contributed by atoms with E-state index in [9.17, 15) is 14.5 Å². The monoisotopic (exact) mass is 247 g/mol. The highest BCUT2D eigenvalue weighted by molar-refractivity contribution is 7.99. The summed E-state index contributed by atoms with van der Waals surface area (Å²) < 4.78 is 13.3. The minimum Gasteiger partial charge on any atom is -0.394 e. The van der Waals surface area contributed by atoms with Gasteiger partial charge in [-0.25, -0.2) is 4.39 Å². The predicted octanol–water partition coefficient (Wildman–Crippen LogP) is 1.18. The van der Waals surface area contributed by atoms with Crippen molar-refractivity contribution in [2.24, 2.45) is 0 Å². The van der Waals surface area contributed by atoms with E-state index in [1.165, 1.54) is 12.1 Å². The molecule has 0 spiro atoms. The summed E-state index contributed by atoms with van der Waals surface area (Å²) in [6, 6.07) is 3.30. The Kier molecular flexibility index (Phi) is 4.66. The Hall–Kier alpha value is -1.18. The van der Waals surface area contributed by atoms with E-state index in [2.05, 4.69) is 0 Å². The molecule has 0 aliphatic carbocycles. The Morgan fingerprint density at radius 1 is 1.56 bits per heavy atom. The van der Waals surface area contributed by atoms with Crippen LogP contribution in [0.3, 0.4) is 0 Å². The number of aliphatic hydroxyl groups is 2. The Balaban J connectivity index is 2.72. The van der Waals surface area contributed by atoms with Crippen molar-refractivity contribution in [2.75, 3.05) is 12.4 Å². The first-order valence-corrected chi connectivity index (χ1v) is 5.39. The quantitative estimate of drug-likeness (QED) is 0.463. The molecule has 1 rings (SSSR count). The molecule has 88 valence electrons. The van der Waals surface area contributed by atoms with Gasteiger partial charge in [-0.15, -0.1) is 11.8 Å². The molecule has 0 aliphatic rings. The highest BCUT2D eigenvalue weighted by Gasteiger charge is 2.12. The molecular weight excluding hydrogens is 237 g/mol. The van der Waals surface area contributed by atoms with Gasteiger partial charge in [0.05, 0.1) is 23.7 Å². The fraction of sp³-hybridized carbons (Fsp3) is 0.333. The predicted molar refractivity (Wildman–Crippen MR) is 56.9 cm³/mol. The lowest BCUT2D eigenvalue weighted by atomic mass is 10.3. The van der Waals surface area contributed by atoms with E-state index in [0.29, 0.717) is 0 Å². The van der Waals surface area contributed by atoms with E-state index < -0.39 is 23.5 Å². The molecule has 0 radical (unpaired) electrons. The van der Waals surface area contributed by atoms with Crippen LogP contribution in [-0.4, -0.2) is 33.6 Å². The highest BCUT2D eigenvalue weighted by atomic mass is 32.2. The Labute approximate surface area is 95.1 Å². The third kappa shape index (κ3) is 3.44. The second kappa shape index (κ2) is 5.78. The lowest BCUT2D eigenvalue weighted by Gasteiger charge is -2.06.